The number of benzene rings is 1. The number of allylic oxidation sites excluding steroid dienone is 1. The van der Waals surface area contributed by atoms with Crippen molar-refractivity contribution in [2.24, 2.45) is 0 Å². The Morgan fingerprint density at radius 1 is 1.35 bits per heavy atom. The van der Waals surface area contributed by atoms with Crippen LogP contribution < -0.4 is 5.32 Å². The van der Waals surface area contributed by atoms with E-state index in [4.69, 9.17) is 35.4 Å². The molecule has 0 radical (unpaired) electrons. The molecule has 1 aliphatic rings. The monoisotopic (exact) mass is 303 g/mol. The van der Waals surface area contributed by atoms with Crippen LogP contribution in [0.4, 0.5) is 4.79 Å². The molecule has 0 spiro atoms. The molecular weight excluding hydrogens is 297 g/mol. The van der Waals surface area contributed by atoms with Crippen molar-refractivity contribution < 1.29 is 4.79 Å². The highest BCUT2D eigenvalue weighted by molar-refractivity contribution is 8.19. The van der Waals surface area contributed by atoms with E-state index in [2.05, 4.69) is 5.32 Å². The molecular formula is C11H7Cl2NOS2. The summed E-state index contributed by atoms with van der Waals surface area (Å²) in [6.45, 7) is 0. The highest BCUT2D eigenvalue weighted by atomic mass is 35.5. The topological polar surface area (TPSA) is 29.1 Å². The molecule has 1 heterocycles. The van der Waals surface area contributed by atoms with Crippen molar-refractivity contribution >= 4 is 57.4 Å². The molecule has 0 aromatic heterocycles. The van der Waals surface area contributed by atoms with Gasteiger partial charge >= 0.3 is 0 Å². The molecule has 88 valence electrons. The quantitative estimate of drug-likeness (QED) is 0.656. The zero-order valence-corrected chi connectivity index (χ0v) is 11.6. The number of carbonyl (C=O) groups excluding carboxylic acids is 1. The maximum absolute atomic E-state index is 11.1. The number of thiocarbonyl (C=S) groups is 1. The van der Waals surface area contributed by atoms with Crippen molar-refractivity contribution in [2.45, 2.75) is 6.42 Å². The Kier molecular flexibility index (Phi) is 4.09. The molecule has 6 heteroatoms. The zero-order chi connectivity index (χ0) is 12.4. The van der Waals surface area contributed by atoms with Gasteiger partial charge < -0.3 is 5.32 Å². The fourth-order valence-corrected chi connectivity index (χ4v) is 2.69. The first-order chi connectivity index (χ1) is 8.06. The first kappa shape index (κ1) is 12.9. The molecule has 0 atom stereocenters. The van der Waals surface area contributed by atoms with Crippen molar-refractivity contribution in [1.29, 1.82) is 0 Å². The number of hydrogen-bond acceptors (Lipinski definition) is 3. The van der Waals surface area contributed by atoms with Crippen molar-refractivity contribution in [2.75, 3.05) is 0 Å². The standard InChI is InChI=1S/C11H7Cl2NOS2/c12-7-3-1-6(5-8(7)13)2-4-9-10(16)14-11(15)17-9/h1,3-5H,2H2,(H,14,15,16). The lowest BCUT2D eigenvalue weighted by molar-refractivity contribution is 0.265. The number of amides is 1. The summed E-state index contributed by atoms with van der Waals surface area (Å²) in [4.78, 5) is 12.3. The largest absolute Gasteiger partial charge is 0.307 e. The van der Waals surface area contributed by atoms with Gasteiger partial charge in [0.2, 0.25) is 0 Å². The minimum Gasteiger partial charge on any atom is -0.307 e. The van der Waals surface area contributed by atoms with Crippen LogP contribution in [0, 0.1) is 0 Å². The van der Waals surface area contributed by atoms with Crippen molar-refractivity contribution in [1.82, 2.24) is 5.32 Å². The van der Waals surface area contributed by atoms with Crippen molar-refractivity contribution in [3.63, 3.8) is 0 Å². The Balaban J connectivity index is 2.12. The third-order valence-electron chi connectivity index (χ3n) is 2.15. The molecule has 2 rings (SSSR count). The van der Waals surface area contributed by atoms with E-state index in [0.29, 0.717) is 21.5 Å². The van der Waals surface area contributed by atoms with Crippen LogP contribution in [-0.4, -0.2) is 10.2 Å². The average molecular weight is 304 g/mol. The Hall–Kier alpha value is -0.550. The molecule has 1 N–H and O–H groups in total. The number of thioether (sulfide) groups is 1. The predicted octanol–water partition coefficient (Wildman–Crippen LogP) is 4.20. The summed E-state index contributed by atoms with van der Waals surface area (Å²) in [6, 6.07) is 5.45. The maximum Gasteiger partial charge on any atom is 0.289 e. The van der Waals surface area contributed by atoms with Gasteiger partial charge in [-0.05, 0) is 35.9 Å². The van der Waals surface area contributed by atoms with E-state index >= 15 is 0 Å². The summed E-state index contributed by atoms with van der Waals surface area (Å²) in [5, 5.41) is 3.49. The molecule has 1 aliphatic heterocycles. The van der Waals surface area contributed by atoms with E-state index in [0.717, 1.165) is 22.2 Å². The minimum atomic E-state index is -0.129. The van der Waals surface area contributed by atoms with E-state index in [1.807, 2.05) is 12.1 Å². The number of halogens is 2. The molecule has 0 saturated carbocycles. The number of hydrogen-bond donors (Lipinski definition) is 1. The first-order valence-electron chi connectivity index (χ1n) is 4.73. The van der Waals surface area contributed by atoms with E-state index in [1.165, 1.54) is 0 Å². The summed E-state index contributed by atoms with van der Waals surface area (Å²) >= 11 is 17.9. The van der Waals surface area contributed by atoms with Gasteiger partial charge in [0, 0.05) is 4.91 Å². The predicted molar refractivity (Wildman–Crippen MR) is 77.0 cm³/mol. The number of carbonyl (C=O) groups is 1. The summed E-state index contributed by atoms with van der Waals surface area (Å²) in [7, 11) is 0. The SMILES string of the molecule is O=C1NC(=S)C(=CCc2ccc(Cl)c(Cl)c2)S1. The third-order valence-corrected chi connectivity index (χ3v) is 4.22. The lowest BCUT2D eigenvalue weighted by atomic mass is 10.1. The van der Waals surface area contributed by atoms with E-state index in [-0.39, 0.29) is 5.24 Å². The molecule has 1 aromatic rings. The number of nitrogens with one attached hydrogen (secondary N) is 1. The molecule has 1 saturated heterocycles. The van der Waals surface area contributed by atoms with E-state index in [1.54, 1.807) is 12.1 Å². The molecule has 1 aromatic carbocycles. The lowest BCUT2D eigenvalue weighted by Gasteiger charge is -2.00. The lowest BCUT2D eigenvalue weighted by Crippen LogP contribution is -2.15. The van der Waals surface area contributed by atoms with Gasteiger partial charge in [0.1, 0.15) is 4.99 Å². The van der Waals surface area contributed by atoms with Gasteiger partial charge in [-0.15, -0.1) is 0 Å². The third kappa shape index (κ3) is 3.22. The smallest absolute Gasteiger partial charge is 0.289 e. The van der Waals surface area contributed by atoms with Crippen LogP contribution in [0.3, 0.4) is 0 Å². The second-order valence-electron chi connectivity index (χ2n) is 3.36. The summed E-state index contributed by atoms with van der Waals surface area (Å²) in [6.07, 6.45) is 2.57. The second kappa shape index (κ2) is 5.40. The molecule has 1 fully saturated rings. The summed E-state index contributed by atoms with van der Waals surface area (Å²) < 4.78 is 0. The Labute approximate surface area is 118 Å². The van der Waals surface area contributed by atoms with Gasteiger partial charge in [-0.1, -0.05) is 47.6 Å². The van der Waals surface area contributed by atoms with Crippen LogP contribution in [-0.2, 0) is 6.42 Å². The fourth-order valence-electron chi connectivity index (χ4n) is 1.34. The molecule has 0 aliphatic carbocycles. The normalized spacial score (nSPS) is 17.6. The van der Waals surface area contributed by atoms with Crippen LogP contribution in [0.15, 0.2) is 29.2 Å². The number of rotatable bonds is 2. The molecule has 0 bridgehead atoms. The molecule has 0 unspecified atom stereocenters. The minimum absolute atomic E-state index is 0.129. The van der Waals surface area contributed by atoms with Crippen LogP contribution in [0.5, 0.6) is 0 Å². The highest BCUT2D eigenvalue weighted by Gasteiger charge is 2.20. The molecule has 1 amide bonds. The summed E-state index contributed by atoms with van der Waals surface area (Å²) in [5.41, 5.74) is 1.02. The van der Waals surface area contributed by atoms with Gasteiger partial charge in [-0.2, -0.15) is 0 Å². The van der Waals surface area contributed by atoms with Crippen LogP contribution >= 0.6 is 47.2 Å². The average Bonchev–Trinajstić information content (AvgIpc) is 2.59. The fraction of sp³-hybridized carbons (Fsp3) is 0.0909. The highest BCUT2D eigenvalue weighted by Crippen LogP contribution is 2.26. The van der Waals surface area contributed by atoms with Crippen molar-refractivity contribution in [3.05, 3.63) is 44.8 Å². The second-order valence-corrected chi connectivity index (χ2v) is 5.60. The van der Waals surface area contributed by atoms with Gasteiger partial charge in [0.15, 0.2) is 0 Å². The van der Waals surface area contributed by atoms with E-state index in [9.17, 15) is 4.79 Å². The Bertz CT molecular complexity index is 528. The van der Waals surface area contributed by atoms with Crippen LogP contribution in [0.1, 0.15) is 5.56 Å². The summed E-state index contributed by atoms with van der Waals surface area (Å²) in [5.74, 6) is 0. The maximum atomic E-state index is 11.1. The Morgan fingerprint density at radius 3 is 2.71 bits per heavy atom. The molecule has 17 heavy (non-hydrogen) atoms. The Morgan fingerprint density at radius 2 is 2.12 bits per heavy atom. The zero-order valence-electron chi connectivity index (χ0n) is 8.50. The van der Waals surface area contributed by atoms with E-state index < -0.39 is 0 Å². The van der Waals surface area contributed by atoms with Gasteiger partial charge in [0.05, 0.1) is 10.0 Å². The van der Waals surface area contributed by atoms with Gasteiger partial charge in [0.25, 0.3) is 5.24 Å². The molecule has 2 nitrogen and oxygen atoms in total. The van der Waals surface area contributed by atoms with Gasteiger partial charge in [-0.25, -0.2) is 0 Å². The van der Waals surface area contributed by atoms with Crippen LogP contribution in [0.2, 0.25) is 10.0 Å². The van der Waals surface area contributed by atoms with Crippen LogP contribution in [0.25, 0.3) is 0 Å². The van der Waals surface area contributed by atoms with Crippen molar-refractivity contribution in [3.8, 4) is 0 Å². The van der Waals surface area contributed by atoms with Gasteiger partial charge in [-0.3, -0.25) is 4.79 Å². The first-order valence-corrected chi connectivity index (χ1v) is 6.71.